The number of hydrogen-bond donors (Lipinski definition) is 1. The number of nitrogens with zero attached hydrogens (tertiary/aromatic N) is 3. The number of carboxylic acid groups (broad SMARTS) is 1. The first-order chi connectivity index (χ1) is 12.0. The van der Waals surface area contributed by atoms with Crippen molar-refractivity contribution in [3.63, 3.8) is 0 Å². The average molecular weight is 349 g/mol. The van der Waals surface area contributed by atoms with Crippen LogP contribution in [0.15, 0.2) is 6.20 Å². The summed E-state index contributed by atoms with van der Waals surface area (Å²) in [5.74, 6) is -0.815. The van der Waals surface area contributed by atoms with Gasteiger partial charge in [0, 0.05) is 19.7 Å². The van der Waals surface area contributed by atoms with Crippen molar-refractivity contribution in [2.24, 2.45) is 0 Å². The maximum atomic E-state index is 13.0. The van der Waals surface area contributed by atoms with Gasteiger partial charge in [0.2, 0.25) is 0 Å². The topological polar surface area (TPSA) is 84.7 Å². The van der Waals surface area contributed by atoms with Crippen molar-refractivity contribution < 1.29 is 19.4 Å². The zero-order valence-corrected chi connectivity index (χ0v) is 15.0. The van der Waals surface area contributed by atoms with Gasteiger partial charge in [0.25, 0.3) is 5.91 Å². The van der Waals surface area contributed by atoms with Crippen molar-refractivity contribution in [1.82, 2.24) is 14.7 Å². The zero-order chi connectivity index (χ0) is 18.0. The van der Waals surface area contributed by atoms with Crippen LogP contribution in [0.5, 0.6) is 0 Å². The number of amides is 1. The third-order valence-electron chi connectivity index (χ3n) is 5.59. The molecule has 1 amide bonds. The second-order valence-corrected chi connectivity index (χ2v) is 7.05. The summed E-state index contributed by atoms with van der Waals surface area (Å²) < 4.78 is 7.70. The van der Waals surface area contributed by atoms with Crippen molar-refractivity contribution in [3.05, 3.63) is 17.5 Å². The number of aromatic nitrogens is 2. The number of rotatable bonds is 5. The standard InChI is InChI=1S/C18H27N3O4/c1-3-25-18(8-4-5-9-18)17(24)20-10-6-14(7-11-20)21-13(2)15(12-19-21)16(22)23/h12,14H,3-11H2,1-2H3,(H,22,23). The van der Waals surface area contributed by atoms with Gasteiger partial charge in [-0.1, -0.05) is 0 Å². The molecule has 1 saturated heterocycles. The van der Waals surface area contributed by atoms with Crippen molar-refractivity contribution in [2.45, 2.75) is 64.0 Å². The lowest BCUT2D eigenvalue weighted by atomic mass is 9.97. The van der Waals surface area contributed by atoms with Crippen LogP contribution in [0.25, 0.3) is 0 Å². The van der Waals surface area contributed by atoms with Gasteiger partial charge in [0.05, 0.1) is 17.9 Å². The normalized spacial score (nSPS) is 20.8. The van der Waals surface area contributed by atoms with Gasteiger partial charge in [0.15, 0.2) is 0 Å². The number of carboxylic acids is 1. The van der Waals surface area contributed by atoms with E-state index in [0.717, 1.165) is 38.5 Å². The van der Waals surface area contributed by atoms with Gasteiger partial charge in [-0.25, -0.2) is 4.79 Å². The first-order valence-corrected chi connectivity index (χ1v) is 9.19. The number of aromatic carboxylic acids is 1. The number of hydrogen-bond acceptors (Lipinski definition) is 4. The average Bonchev–Trinajstić information content (AvgIpc) is 3.22. The minimum atomic E-state index is -0.948. The minimum absolute atomic E-state index is 0.133. The molecule has 0 unspecified atom stereocenters. The van der Waals surface area contributed by atoms with Crippen LogP contribution in [0.4, 0.5) is 0 Å². The largest absolute Gasteiger partial charge is 0.478 e. The van der Waals surface area contributed by atoms with Crippen LogP contribution in [0.2, 0.25) is 0 Å². The Bertz CT molecular complexity index is 641. The number of carbonyl (C=O) groups excluding carboxylic acids is 1. The Labute approximate surface area is 147 Å². The Morgan fingerprint density at radius 2 is 1.96 bits per heavy atom. The molecule has 1 saturated carbocycles. The molecular formula is C18H27N3O4. The van der Waals surface area contributed by atoms with Gasteiger partial charge in [-0.3, -0.25) is 9.48 Å². The van der Waals surface area contributed by atoms with E-state index in [1.165, 1.54) is 6.20 Å². The molecule has 2 aliphatic rings. The molecule has 3 rings (SSSR count). The van der Waals surface area contributed by atoms with E-state index < -0.39 is 11.6 Å². The predicted octanol–water partition coefficient (Wildman–Crippen LogP) is 2.40. The second-order valence-electron chi connectivity index (χ2n) is 7.05. The third-order valence-corrected chi connectivity index (χ3v) is 5.59. The van der Waals surface area contributed by atoms with Gasteiger partial charge >= 0.3 is 5.97 Å². The van der Waals surface area contributed by atoms with Gasteiger partial charge < -0.3 is 14.7 Å². The molecule has 25 heavy (non-hydrogen) atoms. The maximum absolute atomic E-state index is 13.0. The Morgan fingerprint density at radius 1 is 1.32 bits per heavy atom. The Balaban J connectivity index is 1.65. The second kappa shape index (κ2) is 7.15. The third kappa shape index (κ3) is 3.29. The quantitative estimate of drug-likeness (QED) is 0.882. The van der Waals surface area contributed by atoms with E-state index in [1.54, 1.807) is 11.6 Å². The summed E-state index contributed by atoms with van der Waals surface area (Å²) in [7, 11) is 0. The van der Waals surface area contributed by atoms with E-state index >= 15 is 0 Å². The van der Waals surface area contributed by atoms with Crippen LogP contribution in [0.1, 0.15) is 67.5 Å². The van der Waals surface area contributed by atoms with E-state index in [9.17, 15) is 14.7 Å². The number of carbonyl (C=O) groups is 2. The Kier molecular flexibility index (Phi) is 5.13. The molecule has 7 heteroatoms. The summed E-state index contributed by atoms with van der Waals surface area (Å²) in [4.78, 5) is 26.1. The van der Waals surface area contributed by atoms with Gasteiger partial charge in [-0.05, 0) is 52.4 Å². The SMILES string of the molecule is CCOC1(C(=O)N2CCC(n3ncc(C(=O)O)c3C)CC2)CCCC1. The van der Waals surface area contributed by atoms with Crippen LogP contribution in [-0.2, 0) is 9.53 Å². The van der Waals surface area contributed by atoms with Gasteiger partial charge in [-0.2, -0.15) is 5.10 Å². The summed E-state index contributed by atoms with van der Waals surface area (Å²) in [5.41, 5.74) is 0.318. The van der Waals surface area contributed by atoms with E-state index in [1.807, 2.05) is 11.8 Å². The number of piperidine rings is 1. The lowest BCUT2D eigenvalue weighted by Gasteiger charge is -2.38. The van der Waals surface area contributed by atoms with Crippen LogP contribution in [-0.4, -0.2) is 57.0 Å². The molecule has 138 valence electrons. The van der Waals surface area contributed by atoms with Gasteiger partial charge in [-0.15, -0.1) is 0 Å². The lowest BCUT2D eigenvalue weighted by molar-refractivity contribution is -0.159. The molecule has 1 aromatic heterocycles. The summed E-state index contributed by atoms with van der Waals surface area (Å²) in [6.07, 6.45) is 6.72. The molecule has 0 bridgehead atoms. The van der Waals surface area contributed by atoms with Crippen LogP contribution in [0.3, 0.4) is 0 Å². The number of ether oxygens (including phenoxy) is 1. The van der Waals surface area contributed by atoms with E-state index in [4.69, 9.17) is 4.74 Å². The summed E-state index contributed by atoms with van der Waals surface area (Å²) in [6.45, 7) is 5.63. The van der Waals surface area contributed by atoms with Crippen molar-refractivity contribution >= 4 is 11.9 Å². The first kappa shape index (κ1) is 17.9. The smallest absolute Gasteiger partial charge is 0.339 e. The lowest BCUT2D eigenvalue weighted by Crippen LogP contribution is -2.51. The molecule has 1 N–H and O–H groups in total. The predicted molar refractivity (Wildman–Crippen MR) is 91.6 cm³/mol. The first-order valence-electron chi connectivity index (χ1n) is 9.19. The molecule has 1 aromatic rings. The molecule has 0 spiro atoms. The molecule has 0 radical (unpaired) electrons. The fourth-order valence-corrected chi connectivity index (χ4v) is 4.25. The minimum Gasteiger partial charge on any atom is -0.478 e. The Hall–Kier alpha value is -1.89. The van der Waals surface area contributed by atoms with Crippen molar-refractivity contribution in [3.8, 4) is 0 Å². The Morgan fingerprint density at radius 3 is 2.48 bits per heavy atom. The molecule has 1 aliphatic carbocycles. The summed E-state index contributed by atoms with van der Waals surface area (Å²) in [6, 6.07) is 0.142. The van der Waals surface area contributed by atoms with Crippen LogP contribution >= 0.6 is 0 Å². The fraction of sp³-hybridized carbons (Fsp3) is 0.722. The number of likely N-dealkylation sites (tertiary alicyclic amines) is 1. The zero-order valence-electron chi connectivity index (χ0n) is 15.0. The maximum Gasteiger partial charge on any atom is 0.339 e. The monoisotopic (exact) mass is 349 g/mol. The molecule has 7 nitrogen and oxygen atoms in total. The summed E-state index contributed by atoms with van der Waals surface area (Å²) >= 11 is 0. The molecule has 0 aromatic carbocycles. The highest BCUT2D eigenvalue weighted by atomic mass is 16.5. The van der Waals surface area contributed by atoms with Crippen LogP contribution in [0, 0.1) is 6.92 Å². The van der Waals surface area contributed by atoms with Crippen LogP contribution < -0.4 is 0 Å². The molecule has 0 atom stereocenters. The van der Waals surface area contributed by atoms with Crippen molar-refractivity contribution in [1.29, 1.82) is 0 Å². The van der Waals surface area contributed by atoms with E-state index in [2.05, 4.69) is 5.10 Å². The van der Waals surface area contributed by atoms with E-state index in [0.29, 0.717) is 25.4 Å². The summed E-state index contributed by atoms with van der Waals surface area (Å²) in [5, 5.41) is 13.4. The van der Waals surface area contributed by atoms with E-state index in [-0.39, 0.29) is 17.5 Å². The molecule has 1 aliphatic heterocycles. The van der Waals surface area contributed by atoms with Gasteiger partial charge in [0.1, 0.15) is 11.2 Å². The van der Waals surface area contributed by atoms with Crippen molar-refractivity contribution in [2.75, 3.05) is 19.7 Å². The molecule has 2 fully saturated rings. The fourth-order valence-electron chi connectivity index (χ4n) is 4.25. The molecular weight excluding hydrogens is 322 g/mol. The highest BCUT2D eigenvalue weighted by Crippen LogP contribution is 2.36. The molecule has 2 heterocycles. The highest BCUT2D eigenvalue weighted by Gasteiger charge is 2.45. The highest BCUT2D eigenvalue weighted by molar-refractivity contribution is 5.88.